The van der Waals surface area contributed by atoms with E-state index >= 15 is 0 Å². The van der Waals surface area contributed by atoms with Crippen molar-refractivity contribution in [2.24, 2.45) is 28.9 Å². The standard InChI is InChI=1S/C14H23N3OS.BrH/c15-13(16)19-2-1-17-12(18)14-6-9-3-10(7-14)5-11(4-9)8-14;/h9-11H,1-8H2,(H3,15,16)(H,17,18);1H. The number of hydrogen-bond donors (Lipinski definition) is 3. The maximum absolute atomic E-state index is 12.5. The number of nitrogens with one attached hydrogen (secondary N) is 2. The minimum Gasteiger partial charge on any atom is -0.379 e. The fourth-order valence-corrected chi connectivity index (χ4v) is 5.33. The second kappa shape index (κ2) is 6.26. The molecule has 4 rings (SSSR count). The molecule has 0 spiro atoms. The molecule has 0 aromatic carbocycles. The zero-order chi connectivity index (χ0) is 13.5. The van der Waals surface area contributed by atoms with E-state index < -0.39 is 0 Å². The molecule has 4 N–H and O–H groups in total. The largest absolute Gasteiger partial charge is 0.379 e. The molecule has 4 saturated carbocycles. The van der Waals surface area contributed by atoms with Crippen molar-refractivity contribution in [2.75, 3.05) is 12.3 Å². The van der Waals surface area contributed by atoms with E-state index in [1.54, 1.807) is 0 Å². The van der Waals surface area contributed by atoms with Crippen molar-refractivity contribution < 1.29 is 4.79 Å². The molecule has 0 atom stereocenters. The summed E-state index contributed by atoms with van der Waals surface area (Å²) in [6.07, 6.45) is 7.45. The Labute approximate surface area is 135 Å². The van der Waals surface area contributed by atoms with Crippen LogP contribution in [0.4, 0.5) is 0 Å². The average molecular weight is 362 g/mol. The van der Waals surface area contributed by atoms with E-state index in [0.29, 0.717) is 12.3 Å². The molecule has 20 heavy (non-hydrogen) atoms. The SMILES string of the molecule is Br.N=C(N)SCCNC(=O)C12CC3CC(CC(C3)C1)C2. The molecule has 0 heterocycles. The monoisotopic (exact) mass is 361 g/mol. The lowest BCUT2D eigenvalue weighted by atomic mass is 9.49. The zero-order valence-electron chi connectivity index (χ0n) is 11.7. The maximum Gasteiger partial charge on any atom is 0.226 e. The van der Waals surface area contributed by atoms with Gasteiger partial charge in [0.25, 0.3) is 0 Å². The highest BCUT2D eigenvalue weighted by Crippen LogP contribution is 2.60. The topological polar surface area (TPSA) is 79.0 Å². The quantitative estimate of drug-likeness (QED) is 0.409. The lowest BCUT2D eigenvalue weighted by Gasteiger charge is -2.55. The number of amidine groups is 1. The predicted molar refractivity (Wildman–Crippen MR) is 88.3 cm³/mol. The molecule has 0 unspecified atom stereocenters. The van der Waals surface area contributed by atoms with E-state index in [1.165, 1.54) is 31.0 Å². The summed E-state index contributed by atoms with van der Waals surface area (Å²) < 4.78 is 0. The van der Waals surface area contributed by atoms with E-state index in [-0.39, 0.29) is 33.5 Å². The van der Waals surface area contributed by atoms with Gasteiger partial charge in [0.1, 0.15) is 0 Å². The van der Waals surface area contributed by atoms with E-state index in [2.05, 4.69) is 5.32 Å². The van der Waals surface area contributed by atoms with Crippen LogP contribution >= 0.6 is 28.7 Å². The predicted octanol–water partition coefficient (Wildman–Crippen LogP) is 2.52. The van der Waals surface area contributed by atoms with Crippen molar-refractivity contribution in [3.05, 3.63) is 0 Å². The Bertz CT molecular complexity index is 367. The van der Waals surface area contributed by atoms with Crippen molar-refractivity contribution in [1.29, 1.82) is 5.41 Å². The van der Waals surface area contributed by atoms with E-state index in [1.807, 2.05) is 0 Å². The third-order valence-electron chi connectivity index (χ3n) is 5.17. The first kappa shape index (κ1) is 16.1. The Morgan fingerprint density at radius 3 is 2.15 bits per heavy atom. The fraction of sp³-hybridized carbons (Fsp3) is 0.857. The summed E-state index contributed by atoms with van der Waals surface area (Å²) in [6.45, 7) is 0.630. The van der Waals surface area contributed by atoms with E-state index in [0.717, 1.165) is 37.0 Å². The Morgan fingerprint density at radius 1 is 1.20 bits per heavy atom. The number of nitrogens with two attached hydrogens (primary N) is 1. The van der Waals surface area contributed by atoms with Crippen LogP contribution in [0.25, 0.3) is 0 Å². The summed E-state index contributed by atoms with van der Waals surface area (Å²) in [7, 11) is 0. The molecule has 4 nitrogen and oxygen atoms in total. The Kier molecular flexibility index (Phi) is 5.05. The van der Waals surface area contributed by atoms with Crippen molar-refractivity contribution in [3.63, 3.8) is 0 Å². The first-order valence-corrected chi connectivity index (χ1v) is 8.31. The average Bonchev–Trinajstić information content (AvgIpc) is 2.32. The van der Waals surface area contributed by atoms with E-state index in [4.69, 9.17) is 11.1 Å². The number of halogens is 1. The first-order chi connectivity index (χ1) is 9.07. The van der Waals surface area contributed by atoms with Gasteiger partial charge in [0.15, 0.2) is 5.17 Å². The van der Waals surface area contributed by atoms with Crippen molar-refractivity contribution in [3.8, 4) is 0 Å². The number of amides is 1. The maximum atomic E-state index is 12.5. The minimum absolute atomic E-state index is 0. The number of carbonyl (C=O) groups excluding carboxylic acids is 1. The molecule has 1 amide bonds. The summed E-state index contributed by atoms with van der Waals surface area (Å²) in [5, 5.41) is 10.4. The van der Waals surface area contributed by atoms with Crippen LogP contribution in [0.2, 0.25) is 0 Å². The van der Waals surface area contributed by atoms with E-state index in [9.17, 15) is 4.79 Å². The van der Waals surface area contributed by atoms with Crippen LogP contribution in [-0.4, -0.2) is 23.4 Å². The molecule has 4 fully saturated rings. The van der Waals surface area contributed by atoms with Gasteiger partial charge in [-0.2, -0.15) is 0 Å². The summed E-state index contributed by atoms with van der Waals surface area (Å²) in [5.41, 5.74) is 5.24. The van der Waals surface area contributed by atoms with Gasteiger partial charge in [0, 0.05) is 17.7 Å². The second-order valence-corrected chi connectivity index (χ2v) is 7.80. The number of rotatable bonds is 4. The summed E-state index contributed by atoms with van der Waals surface area (Å²) >= 11 is 1.30. The molecule has 4 aliphatic rings. The first-order valence-electron chi connectivity index (χ1n) is 7.32. The van der Waals surface area contributed by atoms with Crippen molar-refractivity contribution >= 4 is 39.8 Å². The van der Waals surface area contributed by atoms with Crippen LogP contribution in [0.15, 0.2) is 0 Å². The van der Waals surface area contributed by atoms with Crippen LogP contribution < -0.4 is 11.1 Å². The third kappa shape index (κ3) is 3.16. The van der Waals surface area contributed by atoms with Gasteiger partial charge in [0.05, 0.1) is 0 Å². The molecule has 0 radical (unpaired) electrons. The number of hydrogen-bond acceptors (Lipinski definition) is 3. The van der Waals surface area contributed by atoms with Crippen molar-refractivity contribution in [2.45, 2.75) is 38.5 Å². The molecule has 0 aromatic rings. The van der Waals surface area contributed by atoms with Crippen molar-refractivity contribution in [1.82, 2.24) is 5.32 Å². The minimum atomic E-state index is -0.0460. The van der Waals surface area contributed by atoms with Gasteiger partial charge in [-0.1, -0.05) is 11.8 Å². The molecule has 0 aromatic heterocycles. The third-order valence-corrected chi connectivity index (χ3v) is 5.88. The highest BCUT2D eigenvalue weighted by Gasteiger charge is 2.54. The lowest BCUT2D eigenvalue weighted by molar-refractivity contribution is -0.146. The van der Waals surface area contributed by atoms with Gasteiger partial charge >= 0.3 is 0 Å². The highest BCUT2D eigenvalue weighted by molar-refractivity contribution is 8.93. The van der Waals surface area contributed by atoms with Crippen LogP contribution in [0.5, 0.6) is 0 Å². The smallest absolute Gasteiger partial charge is 0.226 e. The zero-order valence-corrected chi connectivity index (χ0v) is 14.2. The Hall–Kier alpha value is -0.230. The highest BCUT2D eigenvalue weighted by atomic mass is 79.9. The van der Waals surface area contributed by atoms with Gasteiger partial charge < -0.3 is 11.1 Å². The molecule has 6 heteroatoms. The van der Waals surface area contributed by atoms with Gasteiger partial charge in [-0.25, -0.2) is 0 Å². The molecular formula is C14H24BrN3OS. The van der Waals surface area contributed by atoms with Crippen LogP contribution in [0.3, 0.4) is 0 Å². The molecule has 0 aliphatic heterocycles. The number of thioether (sulfide) groups is 1. The Morgan fingerprint density at radius 2 is 1.70 bits per heavy atom. The molecule has 0 saturated heterocycles. The van der Waals surface area contributed by atoms with Crippen LogP contribution in [0.1, 0.15) is 38.5 Å². The van der Waals surface area contributed by atoms with Gasteiger partial charge in [-0.3, -0.25) is 10.2 Å². The molecule has 4 aliphatic carbocycles. The van der Waals surface area contributed by atoms with Gasteiger partial charge in [-0.05, 0) is 56.3 Å². The fourth-order valence-electron chi connectivity index (χ4n) is 4.90. The van der Waals surface area contributed by atoms with Gasteiger partial charge in [0.2, 0.25) is 5.91 Å². The normalized spacial score (nSPS) is 37.3. The second-order valence-electron chi connectivity index (χ2n) is 6.67. The van der Waals surface area contributed by atoms with Crippen LogP contribution in [0, 0.1) is 28.6 Å². The Balaban J connectivity index is 0.00000147. The number of carbonyl (C=O) groups is 1. The van der Waals surface area contributed by atoms with Gasteiger partial charge in [-0.15, -0.1) is 17.0 Å². The molecule has 4 bridgehead atoms. The van der Waals surface area contributed by atoms with Crippen LogP contribution in [-0.2, 0) is 4.79 Å². The summed E-state index contributed by atoms with van der Waals surface area (Å²) in [6, 6.07) is 0. The summed E-state index contributed by atoms with van der Waals surface area (Å²) in [5.74, 6) is 3.40. The lowest BCUT2D eigenvalue weighted by Crippen LogP contribution is -2.53. The molecular weight excluding hydrogens is 338 g/mol. The molecule has 114 valence electrons. The summed E-state index contributed by atoms with van der Waals surface area (Å²) in [4.78, 5) is 12.5.